The Morgan fingerprint density at radius 3 is 2.57 bits per heavy atom. The number of hydrogen-bond donors (Lipinski definition) is 2. The number of aromatic hydroxyl groups is 1. The Bertz CT molecular complexity index is 841. The van der Waals surface area contributed by atoms with Crippen LogP contribution in [0.25, 0.3) is 22.9 Å². The number of nitrogens with zero attached hydrogens (tertiary/aromatic N) is 3. The largest absolute Gasteiger partial charge is 0.507 e. The van der Waals surface area contributed by atoms with Gasteiger partial charge in [-0.1, -0.05) is 11.6 Å². The molecule has 0 aliphatic carbocycles. The highest BCUT2D eigenvalue weighted by atomic mass is 19.4. The fourth-order valence-electron chi connectivity index (χ4n) is 2.03. The van der Waals surface area contributed by atoms with Crippen LogP contribution < -0.4 is 0 Å². The lowest BCUT2D eigenvalue weighted by atomic mass is 10.1. The van der Waals surface area contributed by atoms with Crippen molar-refractivity contribution in [3.63, 3.8) is 0 Å². The first-order chi connectivity index (χ1) is 10.8. The van der Waals surface area contributed by atoms with E-state index in [-0.39, 0.29) is 23.1 Å². The van der Waals surface area contributed by atoms with E-state index >= 15 is 0 Å². The third-order valence-electron chi connectivity index (χ3n) is 3.21. The quantitative estimate of drug-likeness (QED) is 0.757. The number of rotatable bonds is 2. The fourth-order valence-corrected chi connectivity index (χ4v) is 2.03. The van der Waals surface area contributed by atoms with E-state index < -0.39 is 11.7 Å². The van der Waals surface area contributed by atoms with Gasteiger partial charge in [0.1, 0.15) is 11.4 Å². The van der Waals surface area contributed by atoms with E-state index in [1.807, 2.05) is 6.92 Å². The van der Waals surface area contributed by atoms with Crippen LogP contribution in [0.5, 0.6) is 5.75 Å². The summed E-state index contributed by atoms with van der Waals surface area (Å²) in [5, 5.41) is 16.4. The molecule has 1 aromatic carbocycles. The second kappa shape index (κ2) is 5.38. The number of alkyl halides is 3. The molecule has 0 aliphatic heterocycles. The van der Waals surface area contributed by atoms with Gasteiger partial charge in [-0.15, -0.1) is 0 Å². The Hall–Kier alpha value is -2.90. The summed E-state index contributed by atoms with van der Waals surface area (Å²) in [5.74, 6) is 0.471. The third kappa shape index (κ3) is 3.01. The summed E-state index contributed by atoms with van der Waals surface area (Å²) in [4.78, 5) is 7.92. The fraction of sp³-hybridized carbons (Fsp3) is 0.133. The van der Waals surface area contributed by atoms with E-state index in [1.165, 1.54) is 12.1 Å². The third-order valence-corrected chi connectivity index (χ3v) is 3.21. The van der Waals surface area contributed by atoms with Gasteiger partial charge >= 0.3 is 6.18 Å². The van der Waals surface area contributed by atoms with Crippen LogP contribution in [0.4, 0.5) is 13.2 Å². The van der Waals surface area contributed by atoms with Crippen LogP contribution in [0.15, 0.2) is 36.5 Å². The molecule has 8 heteroatoms. The second-order valence-corrected chi connectivity index (χ2v) is 4.96. The molecule has 2 heterocycles. The van der Waals surface area contributed by atoms with E-state index in [2.05, 4.69) is 20.2 Å². The maximum atomic E-state index is 12.5. The number of halogens is 3. The second-order valence-electron chi connectivity index (χ2n) is 4.96. The highest BCUT2D eigenvalue weighted by Crippen LogP contribution is 2.30. The standard InChI is InChI=1S/C15H11F3N4O/c1-8-2-5-12(23)10(6-8)13-20-14(22-21-13)11-4-3-9(7-19-11)15(16,17)18/h2-7,23H,1H3,(H,20,21,22). The number of H-pyrrole nitrogens is 1. The van der Waals surface area contributed by atoms with E-state index in [1.54, 1.807) is 12.1 Å². The molecule has 0 spiro atoms. The number of aryl methyl sites for hydroxylation is 1. The zero-order valence-electron chi connectivity index (χ0n) is 11.9. The lowest BCUT2D eigenvalue weighted by Gasteiger charge is -2.05. The van der Waals surface area contributed by atoms with Crippen molar-refractivity contribution in [1.29, 1.82) is 0 Å². The molecular weight excluding hydrogens is 309 g/mol. The molecule has 0 radical (unpaired) electrons. The van der Waals surface area contributed by atoms with Crippen LogP contribution in [-0.2, 0) is 6.18 Å². The van der Waals surface area contributed by atoms with Crippen molar-refractivity contribution >= 4 is 0 Å². The zero-order valence-corrected chi connectivity index (χ0v) is 11.9. The minimum atomic E-state index is -4.44. The molecular formula is C15H11F3N4O. The topological polar surface area (TPSA) is 74.7 Å². The Morgan fingerprint density at radius 2 is 1.91 bits per heavy atom. The maximum Gasteiger partial charge on any atom is 0.417 e. The molecule has 0 amide bonds. The van der Waals surface area contributed by atoms with Gasteiger partial charge in [0.2, 0.25) is 0 Å². The van der Waals surface area contributed by atoms with Crippen molar-refractivity contribution in [2.75, 3.05) is 0 Å². The monoisotopic (exact) mass is 320 g/mol. The number of aromatic amines is 1. The van der Waals surface area contributed by atoms with Crippen molar-refractivity contribution in [2.24, 2.45) is 0 Å². The van der Waals surface area contributed by atoms with Gasteiger partial charge in [0.15, 0.2) is 11.6 Å². The molecule has 0 aliphatic rings. The normalized spacial score (nSPS) is 11.7. The molecule has 5 nitrogen and oxygen atoms in total. The van der Waals surface area contributed by atoms with E-state index in [0.717, 1.165) is 17.8 Å². The predicted octanol–water partition coefficient (Wildman–Crippen LogP) is 3.57. The summed E-state index contributed by atoms with van der Waals surface area (Å²) in [6.07, 6.45) is -3.70. The number of pyridine rings is 1. The number of hydrogen-bond acceptors (Lipinski definition) is 4. The average molecular weight is 320 g/mol. The molecule has 23 heavy (non-hydrogen) atoms. The van der Waals surface area contributed by atoms with E-state index in [9.17, 15) is 18.3 Å². The molecule has 0 saturated heterocycles. The Balaban J connectivity index is 1.94. The van der Waals surface area contributed by atoms with Crippen molar-refractivity contribution in [1.82, 2.24) is 20.2 Å². The number of phenols is 1. The van der Waals surface area contributed by atoms with Crippen LogP contribution in [0.2, 0.25) is 0 Å². The van der Waals surface area contributed by atoms with Crippen LogP contribution >= 0.6 is 0 Å². The van der Waals surface area contributed by atoms with Crippen LogP contribution in [0, 0.1) is 6.92 Å². The highest BCUT2D eigenvalue weighted by Gasteiger charge is 2.30. The molecule has 3 rings (SSSR count). The Morgan fingerprint density at radius 1 is 1.13 bits per heavy atom. The molecule has 0 bridgehead atoms. The molecule has 3 aromatic rings. The molecule has 2 aromatic heterocycles. The minimum absolute atomic E-state index is 0.0153. The summed E-state index contributed by atoms with van der Waals surface area (Å²) in [6, 6.07) is 7.11. The molecule has 118 valence electrons. The minimum Gasteiger partial charge on any atom is -0.507 e. The summed E-state index contributed by atoms with van der Waals surface area (Å²) in [7, 11) is 0. The Labute approximate surface area is 128 Å². The molecule has 2 N–H and O–H groups in total. The summed E-state index contributed by atoms with van der Waals surface area (Å²) in [5.41, 5.74) is 0.734. The summed E-state index contributed by atoms with van der Waals surface area (Å²) in [6.45, 7) is 1.86. The SMILES string of the molecule is Cc1ccc(O)c(-c2n[nH]c(-c3ccc(C(F)(F)F)cn3)n2)c1. The first kappa shape index (κ1) is 15.0. The smallest absolute Gasteiger partial charge is 0.417 e. The number of phenolic OH excluding ortho intramolecular Hbond substituents is 1. The van der Waals surface area contributed by atoms with Gasteiger partial charge in [0.25, 0.3) is 0 Å². The van der Waals surface area contributed by atoms with Gasteiger partial charge in [-0.2, -0.15) is 18.3 Å². The van der Waals surface area contributed by atoms with Crippen molar-refractivity contribution in [2.45, 2.75) is 13.1 Å². The van der Waals surface area contributed by atoms with Crippen LogP contribution in [-0.4, -0.2) is 25.3 Å². The average Bonchev–Trinajstić information content (AvgIpc) is 2.99. The number of benzene rings is 1. The van der Waals surface area contributed by atoms with Gasteiger partial charge in [-0.05, 0) is 31.2 Å². The van der Waals surface area contributed by atoms with Crippen LogP contribution in [0.3, 0.4) is 0 Å². The molecule has 0 unspecified atom stereocenters. The van der Waals surface area contributed by atoms with Gasteiger partial charge in [0.05, 0.1) is 11.1 Å². The molecule has 0 fully saturated rings. The summed E-state index contributed by atoms with van der Waals surface area (Å²) < 4.78 is 37.6. The van der Waals surface area contributed by atoms with Crippen molar-refractivity contribution in [3.05, 3.63) is 47.7 Å². The maximum absolute atomic E-state index is 12.5. The predicted molar refractivity (Wildman–Crippen MR) is 76.5 cm³/mol. The van der Waals surface area contributed by atoms with Gasteiger partial charge in [-0.3, -0.25) is 10.1 Å². The van der Waals surface area contributed by atoms with E-state index in [4.69, 9.17) is 0 Å². The van der Waals surface area contributed by atoms with Gasteiger partial charge in [0, 0.05) is 6.20 Å². The highest BCUT2D eigenvalue weighted by molar-refractivity contribution is 5.66. The zero-order chi connectivity index (χ0) is 16.6. The summed E-state index contributed by atoms with van der Waals surface area (Å²) >= 11 is 0. The Kier molecular flexibility index (Phi) is 3.51. The van der Waals surface area contributed by atoms with Crippen LogP contribution in [0.1, 0.15) is 11.1 Å². The number of nitrogens with one attached hydrogen (secondary N) is 1. The first-order valence-corrected chi connectivity index (χ1v) is 6.60. The van der Waals surface area contributed by atoms with Crippen molar-refractivity contribution < 1.29 is 18.3 Å². The van der Waals surface area contributed by atoms with Gasteiger partial charge in [-0.25, -0.2) is 4.98 Å². The van der Waals surface area contributed by atoms with Gasteiger partial charge < -0.3 is 5.11 Å². The van der Waals surface area contributed by atoms with E-state index in [0.29, 0.717) is 5.56 Å². The molecule has 0 atom stereocenters. The number of aromatic nitrogens is 4. The van der Waals surface area contributed by atoms with Crippen molar-refractivity contribution in [3.8, 4) is 28.7 Å². The first-order valence-electron chi connectivity index (χ1n) is 6.60. The lowest BCUT2D eigenvalue weighted by molar-refractivity contribution is -0.137. The molecule has 0 saturated carbocycles. The lowest BCUT2D eigenvalue weighted by Crippen LogP contribution is -2.05.